The smallest absolute Gasteiger partial charge is 0.253 e. The van der Waals surface area contributed by atoms with Crippen molar-refractivity contribution >= 4 is 17.3 Å². The Hall–Kier alpha value is -1.75. The van der Waals surface area contributed by atoms with Gasteiger partial charge < -0.3 is 21.1 Å². The van der Waals surface area contributed by atoms with Gasteiger partial charge in [0.25, 0.3) is 5.91 Å². The quantitative estimate of drug-likeness (QED) is 0.644. The number of rotatable bonds is 8. The summed E-state index contributed by atoms with van der Waals surface area (Å²) in [5, 5.41) is 6.16. The van der Waals surface area contributed by atoms with E-state index in [1.807, 2.05) is 6.92 Å². The van der Waals surface area contributed by atoms with E-state index < -0.39 is 0 Å². The summed E-state index contributed by atoms with van der Waals surface area (Å²) in [7, 11) is 1.70. The Morgan fingerprint density at radius 2 is 2.10 bits per heavy atom. The molecule has 5 heteroatoms. The van der Waals surface area contributed by atoms with Crippen molar-refractivity contribution in [2.24, 2.45) is 5.41 Å². The van der Waals surface area contributed by atoms with E-state index in [1.165, 1.54) is 0 Å². The molecule has 118 valence electrons. The molecule has 1 aromatic carbocycles. The zero-order valence-corrected chi connectivity index (χ0v) is 13.5. The van der Waals surface area contributed by atoms with Crippen LogP contribution in [0.15, 0.2) is 18.2 Å². The van der Waals surface area contributed by atoms with Crippen molar-refractivity contribution < 1.29 is 9.53 Å². The molecule has 0 aliphatic carbocycles. The minimum atomic E-state index is -0.0882. The molecule has 0 saturated carbocycles. The number of amides is 1. The van der Waals surface area contributed by atoms with Crippen molar-refractivity contribution in [3.63, 3.8) is 0 Å². The van der Waals surface area contributed by atoms with Crippen LogP contribution in [0.4, 0.5) is 11.4 Å². The molecule has 1 aromatic rings. The van der Waals surface area contributed by atoms with E-state index in [0.29, 0.717) is 17.8 Å². The fourth-order valence-corrected chi connectivity index (χ4v) is 1.96. The topological polar surface area (TPSA) is 76.4 Å². The molecule has 0 spiro atoms. The van der Waals surface area contributed by atoms with E-state index in [0.717, 1.165) is 25.3 Å². The SMILES string of the molecule is CCNC(=O)c1ccc(N)cc1NCC(C)(C)CCOC. The Morgan fingerprint density at radius 3 is 2.71 bits per heavy atom. The van der Waals surface area contributed by atoms with Crippen molar-refractivity contribution in [2.75, 3.05) is 37.9 Å². The van der Waals surface area contributed by atoms with Gasteiger partial charge in [-0.15, -0.1) is 0 Å². The van der Waals surface area contributed by atoms with Crippen LogP contribution in [0.2, 0.25) is 0 Å². The summed E-state index contributed by atoms with van der Waals surface area (Å²) >= 11 is 0. The second-order valence-electron chi connectivity index (χ2n) is 5.93. The van der Waals surface area contributed by atoms with Crippen molar-refractivity contribution in [1.82, 2.24) is 5.32 Å². The molecule has 0 aliphatic rings. The molecule has 1 amide bonds. The zero-order chi connectivity index (χ0) is 15.9. The monoisotopic (exact) mass is 293 g/mol. The number of nitrogen functional groups attached to an aromatic ring is 1. The Morgan fingerprint density at radius 1 is 1.38 bits per heavy atom. The molecular weight excluding hydrogens is 266 g/mol. The van der Waals surface area contributed by atoms with Crippen LogP contribution in [0.1, 0.15) is 37.6 Å². The average Bonchev–Trinajstić information content (AvgIpc) is 2.43. The molecule has 0 aliphatic heterocycles. The molecule has 0 fully saturated rings. The minimum Gasteiger partial charge on any atom is -0.399 e. The summed E-state index contributed by atoms with van der Waals surface area (Å²) in [6.07, 6.45) is 0.940. The molecule has 1 rings (SSSR count). The third-order valence-electron chi connectivity index (χ3n) is 3.37. The van der Waals surface area contributed by atoms with Crippen LogP contribution in [0.3, 0.4) is 0 Å². The number of nitrogens with one attached hydrogen (secondary N) is 2. The molecule has 0 heterocycles. The lowest BCUT2D eigenvalue weighted by Crippen LogP contribution is -2.27. The first-order chi connectivity index (χ1) is 9.89. The van der Waals surface area contributed by atoms with Crippen molar-refractivity contribution in [2.45, 2.75) is 27.2 Å². The normalized spacial score (nSPS) is 11.2. The first-order valence-electron chi connectivity index (χ1n) is 7.30. The molecule has 4 N–H and O–H groups in total. The van der Waals surface area contributed by atoms with Crippen LogP contribution in [-0.2, 0) is 4.74 Å². The molecule has 0 saturated heterocycles. The van der Waals surface area contributed by atoms with Crippen molar-refractivity contribution in [3.05, 3.63) is 23.8 Å². The van der Waals surface area contributed by atoms with Gasteiger partial charge in [-0.25, -0.2) is 0 Å². The van der Waals surface area contributed by atoms with Gasteiger partial charge in [-0.05, 0) is 37.0 Å². The highest BCUT2D eigenvalue weighted by molar-refractivity contribution is 6.00. The maximum absolute atomic E-state index is 12.1. The number of benzene rings is 1. The van der Waals surface area contributed by atoms with Crippen LogP contribution < -0.4 is 16.4 Å². The van der Waals surface area contributed by atoms with Crippen LogP contribution in [0.25, 0.3) is 0 Å². The van der Waals surface area contributed by atoms with Gasteiger partial charge in [0.05, 0.1) is 5.56 Å². The largest absolute Gasteiger partial charge is 0.399 e. The number of ether oxygens (including phenoxy) is 1. The summed E-state index contributed by atoms with van der Waals surface area (Å²) in [6.45, 7) is 8.29. The van der Waals surface area contributed by atoms with E-state index in [2.05, 4.69) is 24.5 Å². The number of carbonyl (C=O) groups is 1. The molecule has 0 bridgehead atoms. The van der Waals surface area contributed by atoms with Gasteiger partial charge in [-0.2, -0.15) is 0 Å². The van der Waals surface area contributed by atoms with Gasteiger partial charge in [0, 0.05) is 38.2 Å². The Balaban J connectivity index is 2.81. The number of carbonyl (C=O) groups excluding carboxylic acids is 1. The van der Waals surface area contributed by atoms with Crippen LogP contribution in [0.5, 0.6) is 0 Å². The predicted octanol–water partition coefficient (Wildman–Crippen LogP) is 2.49. The lowest BCUT2D eigenvalue weighted by atomic mass is 9.89. The number of anilines is 2. The highest BCUT2D eigenvalue weighted by Gasteiger charge is 2.19. The molecule has 5 nitrogen and oxygen atoms in total. The Labute approximate surface area is 127 Å². The molecule has 0 atom stereocenters. The summed E-state index contributed by atoms with van der Waals surface area (Å²) in [4.78, 5) is 12.1. The van der Waals surface area contributed by atoms with Gasteiger partial charge >= 0.3 is 0 Å². The molecular formula is C16H27N3O2. The fraction of sp³-hybridized carbons (Fsp3) is 0.562. The molecule has 21 heavy (non-hydrogen) atoms. The lowest BCUT2D eigenvalue weighted by molar-refractivity contribution is 0.0956. The highest BCUT2D eigenvalue weighted by Crippen LogP contribution is 2.24. The zero-order valence-electron chi connectivity index (χ0n) is 13.5. The maximum Gasteiger partial charge on any atom is 0.253 e. The first kappa shape index (κ1) is 17.3. The van der Waals surface area contributed by atoms with Crippen molar-refractivity contribution in [3.8, 4) is 0 Å². The van der Waals surface area contributed by atoms with E-state index in [1.54, 1.807) is 25.3 Å². The van der Waals surface area contributed by atoms with E-state index in [-0.39, 0.29) is 11.3 Å². The number of hydrogen-bond acceptors (Lipinski definition) is 4. The van der Waals surface area contributed by atoms with Gasteiger partial charge in [0.2, 0.25) is 0 Å². The van der Waals surface area contributed by atoms with E-state index >= 15 is 0 Å². The number of nitrogens with two attached hydrogens (primary N) is 1. The van der Waals surface area contributed by atoms with Crippen molar-refractivity contribution in [1.29, 1.82) is 0 Å². The average molecular weight is 293 g/mol. The Kier molecular flexibility index (Phi) is 6.49. The van der Waals surface area contributed by atoms with Gasteiger partial charge in [-0.1, -0.05) is 13.8 Å². The molecule has 0 unspecified atom stereocenters. The summed E-state index contributed by atoms with van der Waals surface area (Å²) in [6, 6.07) is 5.30. The van der Waals surface area contributed by atoms with Gasteiger partial charge in [-0.3, -0.25) is 4.79 Å². The minimum absolute atomic E-state index is 0.0686. The maximum atomic E-state index is 12.1. The Bertz CT molecular complexity index is 473. The summed E-state index contributed by atoms with van der Waals surface area (Å²) in [5.41, 5.74) is 7.93. The number of methoxy groups -OCH3 is 1. The van der Waals surface area contributed by atoms with Gasteiger partial charge in [0.1, 0.15) is 0 Å². The number of hydrogen-bond donors (Lipinski definition) is 3. The standard InChI is InChI=1S/C16H27N3O2/c1-5-18-15(20)13-7-6-12(17)10-14(13)19-11-16(2,3)8-9-21-4/h6-7,10,19H,5,8-9,11,17H2,1-4H3,(H,18,20). The second-order valence-corrected chi connectivity index (χ2v) is 5.93. The third kappa shape index (κ3) is 5.63. The summed E-state index contributed by atoms with van der Waals surface area (Å²) in [5.74, 6) is -0.0882. The molecule has 0 radical (unpaired) electrons. The second kappa shape index (κ2) is 7.88. The predicted molar refractivity (Wildman–Crippen MR) is 87.6 cm³/mol. The van der Waals surface area contributed by atoms with Crippen LogP contribution >= 0.6 is 0 Å². The van der Waals surface area contributed by atoms with Gasteiger partial charge in [0.15, 0.2) is 0 Å². The van der Waals surface area contributed by atoms with Crippen LogP contribution in [-0.4, -0.2) is 32.7 Å². The van der Waals surface area contributed by atoms with Crippen LogP contribution in [0, 0.1) is 5.41 Å². The van der Waals surface area contributed by atoms with E-state index in [4.69, 9.17) is 10.5 Å². The third-order valence-corrected chi connectivity index (χ3v) is 3.37. The fourth-order valence-electron chi connectivity index (χ4n) is 1.96. The highest BCUT2D eigenvalue weighted by atomic mass is 16.5. The first-order valence-corrected chi connectivity index (χ1v) is 7.30. The molecule has 0 aromatic heterocycles. The van der Waals surface area contributed by atoms with E-state index in [9.17, 15) is 4.79 Å². The summed E-state index contributed by atoms with van der Waals surface area (Å²) < 4.78 is 5.13. The lowest BCUT2D eigenvalue weighted by Gasteiger charge is -2.26.